The molecule has 0 saturated carbocycles. The first-order valence-corrected chi connectivity index (χ1v) is 28.8. The lowest BCUT2D eigenvalue weighted by Crippen LogP contribution is -2.47. The van der Waals surface area contributed by atoms with Crippen LogP contribution in [0, 0.1) is 0 Å². The van der Waals surface area contributed by atoms with Crippen molar-refractivity contribution in [2.75, 3.05) is 39.3 Å². The molecule has 0 radical (unpaired) electrons. The molecule has 0 spiro atoms. The van der Waals surface area contributed by atoms with Crippen LogP contribution in [0.5, 0.6) is 11.5 Å². The van der Waals surface area contributed by atoms with Crippen LogP contribution in [0.15, 0.2) is 60.9 Å². The molecular formula is C61H100N2O7. The van der Waals surface area contributed by atoms with Crippen LogP contribution in [0.2, 0.25) is 0 Å². The number of piperazine rings is 1. The van der Waals surface area contributed by atoms with E-state index in [-0.39, 0.29) is 43.0 Å². The lowest BCUT2D eigenvalue weighted by atomic mass is 10.0. The molecule has 2 aromatic rings. The van der Waals surface area contributed by atoms with Gasteiger partial charge >= 0.3 is 17.9 Å². The molecule has 1 heterocycles. The van der Waals surface area contributed by atoms with Crippen LogP contribution in [-0.2, 0) is 36.7 Å². The summed E-state index contributed by atoms with van der Waals surface area (Å²) in [5.74, 6) is 1.36. The van der Waals surface area contributed by atoms with Gasteiger partial charge in [0.05, 0.1) is 25.0 Å². The van der Waals surface area contributed by atoms with E-state index in [9.17, 15) is 14.4 Å². The summed E-state index contributed by atoms with van der Waals surface area (Å²) >= 11 is 0. The Kier molecular flexibility index (Phi) is 34.5. The van der Waals surface area contributed by atoms with Crippen molar-refractivity contribution in [3.63, 3.8) is 0 Å². The third kappa shape index (κ3) is 30.3. The van der Waals surface area contributed by atoms with Crippen LogP contribution in [0.1, 0.15) is 231 Å². The van der Waals surface area contributed by atoms with Gasteiger partial charge < -0.3 is 28.7 Å². The van der Waals surface area contributed by atoms with E-state index in [0.717, 1.165) is 107 Å². The second-order valence-corrected chi connectivity index (χ2v) is 20.4. The minimum absolute atomic E-state index is 0.00724. The molecule has 0 unspecified atom stereocenters. The molecule has 3 rings (SSSR count). The van der Waals surface area contributed by atoms with Crippen molar-refractivity contribution in [2.24, 2.45) is 0 Å². The predicted molar refractivity (Wildman–Crippen MR) is 290 cm³/mol. The molecule has 9 nitrogen and oxygen atoms in total. The zero-order valence-corrected chi connectivity index (χ0v) is 45.1. The highest BCUT2D eigenvalue weighted by molar-refractivity contribution is 5.74. The lowest BCUT2D eigenvalue weighted by molar-refractivity contribution is -0.150. The third-order valence-corrected chi connectivity index (χ3v) is 14.0. The average Bonchev–Trinajstić information content (AvgIpc) is 3.35. The van der Waals surface area contributed by atoms with E-state index in [1.165, 1.54) is 128 Å². The van der Waals surface area contributed by atoms with Crippen LogP contribution in [-0.4, -0.2) is 79.2 Å². The minimum atomic E-state index is -0.255. The standard InChI is InChI=1S/C61H100N2O7/c1-6-10-14-18-22-26-30-55(31-27-23-19-15-11-7-2)69-60(65)50-53-34-38-57(39-35-53)67-52(5)42-44-62-46-48-63(49-47-62)45-43-59(64)68-58-40-36-54(37-41-58)51-61(66)70-56(32-28-24-20-16-12-8-3)33-29-25-21-17-13-9-4/h34-41,55-56H,5-33,42-51H2,1-4H3. The highest BCUT2D eigenvalue weighted by atomic mass is 16.5. The van der Waals surface area contributed by atoms with Gasteiger partial charge in [0.2, 0.25) is 0 Å². The first-order chi connectivity index (χ1) is 34.2. The number of rotatable bonds is 43. The maximum absolute atomic E-state index is 13.0. The molecule has 9 heteroatoms. The summed E-state index contributed by atoms with van der Waals surface area (Å²) in [6.07, 6.45) is 35.1. The molecule has 0 aliphatic carbocycles. The average molecular weight is 973 g/mol. The summed E-state index contributed by atoms with van der Waals surface area (Å²) in [7, 11) is 0. The van der Waals surface area contributed by atoms with Gasteiger partial charge in [0.15, 0.2) is 0 Å². The summed E-state index contributed by atoms with van der Waals surface area (Å²) in [6, 6.07) is 15.0. The second kappa shape index (κ2) is 39.9. The summed E-state index contributed by atoms with van der Waals surface area (Å²) in [4.78, 5) is 43.6. The number of hydrogen-bond donors (Lipinski definition) is 0. The monoisotopic (exact) mass is 973 g/mol. The molecule has 70 heavy (non-hydrogen) atoms. The normalized spacial score (nSPS) is 13.2. The number of carbonyl (C=O) groups is 3. The molecule has 1 fully saturated rings. The van der Waals surface area contributed by atoms with Crippen molar-refractivity contribution >= 4 is 17.9 Å². The van der Waals surface area contributed by atoms with E-state index < -0.39 is 0 Å². The van der Waals surface area contributed by atoms with E-state index in [0.29, 0.717) is 24.5 Å². The largest absolute Gasteiger partial charge is 0.462 e. The van der Waals surface area contributed by atoms with E-state index in [1.54, 1.807) is 12.1 Å². The van der Waals surface area contributed by atoms with Crippen LogP contribution < -0.4 is 9.47 Å². The van der Waals surface area contributed by atoms with Crippen molar-refractivity contribution < 1.29 is 33.3 Å². The Hall–Kier alpha value is -3.69. The van der Waals surface area contributed by atoms with Crippen LogP contribution in [0.4, 0.5) is 0 Å². The van der Waals surface area contributed by atoms with Gasteiger partial charge in [0.1, 0.15) is 23.7 Å². The zero-order valence-electron chi connectivity index (χ0n) is 45.1. The SMILES string of the molecule is C=C(CCN1CCN(CCC(=O)Oc2ccc(CC(=O)OC(CCCCCCCC)CCCCCCCC)cc2)CC1)Oc1ccc(CC(=O)OC(CCCCCCCC)CCCCCCCC)cc1. The molecule has 0 amide bonds. The van der Waals surface area contributed by atoms with Crippen molar-refractivity contribution in [3.05, 3.63) is 72.0 Å². The van der Waals surface area contributed by atoms with Gasteiger partial charge in [-0.05, 0) is 86.8 Å². The number of esters is 3. The van der Waals surface area contributed by atoms with Gasteiger partial charge in [-0.3, -0.25) is 14.4 Å². The van der Waals surface area contributed by atoms with Crippen LogP contribution >= 0.6 is 0 Å². The Morgan fingerprint density at radius 2 is 0.743 bits per heavy atom. The van der Waals surface area contributed by atoms with Gasteiger partial charge in [-0.1, -0.05) is 187 Å². The summed E-state index contributed by atoms with van der Waals surface area (Å²) in [5, 5.41) is 0. The molecule has 0 N–H and O–H groups in total. The van der Waals surface area contributed by atoms with Crippen LogP contribution in [0.25, 0.3) is 0 Å². The van der Waals surface area contributed by atoms with Gasteiger partial charge in [-0.2, -0.15) is 0 Å². The molecule has 0 bridgehead atoms. The Bertz CT molecular complexity index is 1480. The Morgan fingerprint density at radius 3 is 1.10 bits per heavy atom. The quantitative estimate of drug-likeness (QED) is 0.0279. The molecule has 0 atom stereocenters. The van der Waals surface area contributed by atoms with E-state index in [2.05, 4.69) is 44.1 Å². The lowest BCUT2D eigenvalue weighted by Gasteiger charge is -2.34. The first-order valence-electron chi connectivity index (χ1n) is 28.8. The fourth-order valence-electron chi connectivity index (χ4n) is 9.44. The molecular weight excluding hydrogens is 873 g/mol. The number of hydrogen-bond acceptors (Lipinski definition) is 9. The highest BCUT2D eigenvalue weighted by Gasteiger charge is 2.20. The fraction of sp³-hybridized carbons (Fsp3) is 0.721. The zero-order chi connectivity index (χ0) is 50.3. The minimum Gasteiger partial charge on any atom is -0.462 e. The van der Waals surface area contributed by atoms with E-state index in [4.69, 9.17) is 18.9 Å². The Morgan fingerprint density at radius 1 is 0.429 bits per heavy atom. The molecule has 0 aromatic heterocycles. The Balaban J connectivity index is 1.30. The number of unbranched alkanes of at least 4 members (excludes halogenated alkanes) is 20. The van der Waals surface area contributed by atoms with E-state index >= 15 is 0 Å². The van der Waals surface area contributed by atoms with E-state index in [1.807, 2.05) is 36.4 Å². The predicted octanol–water partition coefficient (Wildman–Crippen LogP) is 15.5. The highest BCUT2D eigenvalue weighted by Crippen LogP contribution is 2.22. The van der Waals surface area contributed by atoms with Gasteiger partial charge in [0.25, 0.3) is 0 Å². The third-order valence-electron chi connectivity index (χ3n) is 14.0. The van der Waals surface area contributed by atoms with Crippen molar-refractivity contribution in [2.45, 2.75) is 245 Å². The molecule has 2 aromatic carbocycles. The summed E-state index contributed by atoms with van der Waals surface area (Å²) in [5.41, 5.74) is 1.79. The topological polar surface area (TPSA) is 94.6 Å². The number of ether oxygens (including phenoxy) is 4. The maximum atomic E-state index is 13.0. The molecule has 1 aliphatic heterocycles. The number of carbonyl (C=O) groups excluding carboxylic acids is 3. The van der Waals surface area contributed by atoms with Crippen molar-refractivity contribution in [1.82, 2.24) is 9.80 Å². The smallest absolute Gasteiger partial charge is 0.312 e. The summed E-state index contributed by atoms with van der Waals surface area (Å²) in [6.45, 7) is 18.3. The van der Waals surface area contributed by atoms with Gasteiger partial charge in [0, 0.05) is 45.7 Å². The molecule has 1 saturated heterocycles. The Labute approximate surface area is 427 Å². The van der Waals surface area contributed by atoms with Gasteiger partial charge in [-0.15, -0.1) is 0 Å². The fourth-order valence-corrected chi connectivity index (χ4v) is 9.44. The first kappa shape index (κ1) is 60.6. The second-order valence-electron chi connectivity index (χ2n) is 20.4. The van der Waals surface area contributed by atoms with Crippen LogP contribution in [0.3, 0.4) is 0 Å². The van der Waals surface area contributed by atoms with Gasteiger partial charge in [-0.25, -0.2) is 0 Å². The summed E-state index contributed by atoms with van der Waals surface area (Å²) < 4.78 is 23.9. The number of benzene rings is 2. The molecule has 1 aliphatic rings. The maximum Gasteiger partial charge on any atom is 0.312 e. The van der Waals surface area contributed by atoms with Crippen molar-refractivity contribution in [3.8, 4) is 11.5 Å². The molecule has 396 valence electrons. The number of nitrogens with zero attached hydrogens (tertiary/aromatic N) is 2. The van der Waals surface area contributed by atoms with Crippen molar-refractivity contribution in [1.29, 1.82) is 0 Å².